The molecule has 0 aromatic heterocycles. The Morgan fingerprint density at radius 2 is 1.70 bits per heavy atom. The van der Waals surface area contributed by atoms with Crippen LogP contribution in [0.1, 0.15) is 69.0 Å². The van der Waals surface area contributed by atoms with Crippen molar-refractivity contribution in [1.29, 1.82) is 0 Å². The molecule has 1 aromatic rings. The Labute approximate surface area is 161 Å². The van der Waals surface area contributed by atoms with Crippen LogP contribution in [0.2, 0.25) is 0 Å². The molecule has 4 bridgehead atoms. The summed E-state index contributed by atoms with van der Waals surface area (Å²) in [5, 5.41) is 3.49. The monoisotopic (exact) mass is 366 g/mol. The van der Waals surface area contributed by atoms with Gasteiger partial charge in [0, 0.05) is 19.0 Å². The fourth-order valence-electron chi connectivity index (χ4n) is 7.03. The summed E-state index contributed by atoms with van der Waals surface area (Å²) in [5.74, 6) is 2.66. The number of amides is 2. The first-order chi connectivity index (χ1) is 13.0. The molecule has 2 amide bonds. The van der Waals surface area contributed by atoms with E-state index in [1.165, 1.54) is 44.1 Å². The van der Waals surface area contributed by atoms with Gasteiger partial charge in [-0.15, -0.1) is 0 Å². The number of hydrogen-bond acceptors (Lipinski definition) is 2. The van der Waals surface area contributed by atoms with Crippen LogP contribution in [0.3, 0.4) is 0 Å². The van der Waals surface area contributed by atoms with Crippen molar-refractivity contribution in [2.45, 2.75) is 69.9 Å². The number of carbonyl (C=O) groups is 2. The number of carbonyl (C=O) groups excluding carboxylic acids is 2. The van der Waals surface area contributed by atoms with Gasteiger partial charge in [0.2, 0.25) is 11.8 Å². The molecule has 4 heteroatoms. The quantitative estimate of drug-likeness (QED) is 0.888. The van der Waals surface area contributed by atoms with E-state index in [1.807, 2.05) is 11.0 Å². The van der Waals surface area contributed by atoms with Crippen LogP contribution < -0.4 is 5.32 Å². The molecular weight excluding hydrogens is 336 g/mol. The number of rotatable bonds is 3. The van der Waals surface area contributed by atoms with Crippen LogP contribution in [0.25, 0.3) is 0 Å². The van der Waals surface area contributed by atoms with Crippen molar-refractivity contribution in [1.82, 2.24) is 10.2 Å². The first-order valence-corrected chi connectivity index (χ1v) is 10.7. The van der Waals surface area contributed by atoms with Gasteiger partial charge in [0.15, 0.2) is 0 Å². The van der Waals surface area contributed by atoms with Crippen molar-refractivity contribution in [3.05, 3.63) is 35.4 Å². The molecule has 144 valence electrons. The number of nitrogens with one attached hydrogen (secondary N) is 1. The summed E-state index contributed by atoms with van der Waals surface area (Å²) in [6, 6.07) is 8.17. The zero-order chi connectivity index (χ0) is 18.6. The lowest BCUT2D eigenvalue weighted by Gasteiger charge is -2.57. The molecule has 4 fully saturated rings. The van der Waals surface area contributed by atoms with Crippen molar-refractivity contribution in [3.63, 3.8) is 0 Å². The number of benzene rings is 1. The summed E-state index contributed by atoms with van der Waals surface area (Å²) in [4.78, 5) is 27.2. The molecule has 4 nitrogen and oxygen atoms in total. The Hall–Kier alpha value is -1.84. The summed E-state index contributed by atoms with van der Waals surface area (Å²) in [7, 11) is 0. The second-order valence-electron chi connectivity index (χ2n) is 9.63. The maximum absolute atomic E-state index is 13.1. The predicted molar refractivity (Wildman–Crippen MR) is 104 cm³/mol. The Morgan fingerprint density at radius 3 is 2.33 bits per heavy atom. The summed E-state index contributed by atoms with van der Waals surface area (Å²) in [6.45, 7) is 2.33. The van der Waals surface area contributed by atoms with Crippen LogP contribution in [0.4, 0.5) is 0 Å². The third-order valence-electron chi connectivity index (χ3n) is 7.64. The second-order valence-corrected chi connectivity index (χ2v) is 9.63. The Bertz CT molecular complexity index is 736. The molecule has 1 heterocycles. The molecule has 0 saturated heterocycles. The molecule has 4 aliphatic carbocycles. The highest BCUT2D eigenvalue weighted by Crippen LogP contribution is 2.55. The zero-order valence-electron chi connectivity index (χ0n) is 16.2. The van der Waals surface area contributed by atoms with Crippen LogP contribution in [0, 0.1) is 17.8 Å². The van der Waals surface area contributed by atoms with Crippen molar-refractivity contribution in [2.75, 3.05) is 6.54 Å². The van der Waals surface area contributed by atoms with E-state index in [2.05, 4.69) is 23.5 Å². The fraction of sp³-hybridized carbons (Fsp3) is 0.652. The molecule has 27 heavy (non-hydrogen) atoms. The summed E-state index contributed by atoms with van der Waals surface area (Å²) in [6.07, 6.45) is 8.91. The number of hydrogen-bond donors (Lipinski definition) is 1. The van der Waals surface area contributed by atoms with Crippen LogP contribution in [-0.2, 0) is 16.0 Å². The molecule has 5 aliphatic rings. The second kappa shape index (κ2) is 6.35. The van der Waals surface area contributed by atoms with Crippen molar-refractivity contribution >= 4 is 11.8 Å². The van der Waals surface area contributed by atoms with Crippen LogP contribution >= 0.6 is 0 Å². The average Bonchev–Trinajstić information content (AvgIpc) is 2.60. The minimum absolute atomic E-state index is 0.0427. The van der Waals surface area contributed by atoms with E-state index >= 15 is 0 Å². The van der Waals surface area contributed by atoms with E-state index in [9.17, 15) is 9.59 Å². The molecule has 1 N–H and O–H groups in total. The zero-order valence-corrected chi connectivity index (χ0v) is 16.2. The van der Waals surface area contributed by atoms with Gasteiger partial charge in [-0.3, -0.25) is 9.59 Å². The largest absolute Gasteiger partial charge is 0.351 e. The van der Waals surface area contributed by atoms with Crippen LogP contribution in [0.5, 0.6) is 0 Å². The van der Waals surface area contributed by atoms with Crippen molar-refractivity contribution in [3.8, 4) is 0 Å². The standard InChI is InChI=1S/C23H30N2O2/c1-15(26)25-7-6-19-4-2-3-5-20(19)21(25)11-22(27)24-23-12-16-8-17(13-23)10-18(9-16)14-23/h2-5,16-18,21H,6-14H2,1H3,(H,24,27). The number of nitrogens with zero attached hydrogens (tertiary/aromatic N) is 1. The highest BCUT2D eigenvalue weighted by atomic mass is 16.2. The lowest BCUT2D eigenvalue weighted by Crippen LogP contribution is -2.60. The normalized spacial score (nSPS) is 36.4. The lowest BCUT2D eigenvalue weighted by molar-refractivity contribution is -0.134. The SMILES string of the molecule is CC(=O)N1CCc2ccccc2C1CC(=O)NC12CC3CC(CC(C3)C1)C2. The molecule has 0 spiro atoms. The maximum Gasteiger partial charge on any atom is 0.222 e. The third kappa shape index (κ3) is 3.07. The smallest absolute Gasteiger partial charge is 0.222 e. The van der Waals surface area contributed by atoms with Crippen LogP contribution in [0.15, 0.2) is 24.3 Å². The molecule has 1 aromatic carbocycles. The first kappa shape index (κ1) is 17.3. The van der Waals surface area contributed by atoms with Gasteiger partial charge in [0.25, 0.3) is 0 Å². The van der Waals surface area contributed by atoms with Gasteiger partial charge in [0.1, 0.15) is 0 Å². The average molecular weight is 367 g/mol. The van der Waals surface area contributed by atoms with E-state index in [1.54, 1.807) is 6.92 Å². The van der Waals surface area contributed by atoms with Gasteiger partial charge in [-0.2, -0.15) is 0 Å². The summed E-state index contributed by atoms with van der Waals surface area (Å²) < 4.78 is 0. The molecule has 0 radical (unpaired) electrons. The van der Waals surface area contributed by atoms with E-state index < -0.39 is 0 Å². The van der Waals surface area contributed by atoms with E-state index in [4.69, 9.17) is 0 Å². The fourth-order valence-corrected chi connectivity index (χ4v) is 7.03. The van der Waals surface area contributed by atoms with Gasteiger partial charge in [-0.25, -0.2) is 0 Å². The maximum atomic E-state index is 13.1. The predicted octanol–water partition coefficient (Wildman–Crippen LogP) is 3.61. The van der Waals surface area contributed by atoms with Crippen molar-refractivity contribution in [2.24, 2.45) is 17.8 Å². The Kier molecular flexibility index (Phi) is 4.06. The summed E-state index contributed by atoms with van der Waals surface area (Å²) >= 11 is 0. The van der Waals surface area contributed by atoms with E-state index in [0.717, 1.165) is 29.7 Å². The molecule has 6 rings (SSSR count). The van der Waals surface area contributed by atoms with Crippen LogP contribution in [-0.4, -0.2) is 28.8 Å². The highest BCUT2D eigenvalue weighted by Gasteiger charge is 2.51. The molecular formula is C23H30N2O2. The van der Waals surface area contributed by atoms with Gasteiger partial charge in [0.05, 0.1) is 12.5 Å². The van der Waals surface area contributed by atoms with Gasteiger partial charge in [-0.05, 0) is 73.8 Å². The topological polar surface area (TPSA) is 49.4 Å². The Morgan fingerprint density at radius 1 is 1.07 bits per heavy atom. The molecule has 1 unspecified atom stereocenters. The minimum Gasteiger partial charge on any atom is -0.351 e. The lowest BCUT2D eigenvalue weighted by atomic mass is 9.53. The molecule has 4 saturated carbocycles. The summed E-state index contributed by atoms with van der Waals surface area (Å²) in [5.41, 5.74) is 2.48. The van der Waals surface area contributed by atoms with Crippen molar-refractivity contribution < 1.29 is 9.59 Å². The van der Waals surface area contributed by atoms with E-state index in [-0.39, 0.29) is 23.4 Å². The van der Waals surface area contributed by atoms with Gasteiger partial charge < -0.3 is 10.2 Å². The van der Waals surface area contributed by atoms with Gasteiger partial charge >= 0.3 is 0 Å². The van der Waals surface area contributed by atoms with Gasteiger partial charge in [-0.1, -0.05) is 24.3 Å². The highest BCUT2D eigenvalue weighted by molar-refractivity contribution is 5.80. The van der Waals surface area contributed by atoms with E-state index in [0.29, 0.717) is 13.0 Å². The molecule has 1 atom stereocenters. The molecule has 1 aliphatic heterocycles. The Balaban J connectivity index is 1.34. The third-order valence-corrected chi connectivity index (χ3v) is 7.64. The minimum atomic E-state index is -0.124. The first-order valence-electron chi connectivity index (χ1n) is 10.7. The number of fused-ring (bicyclic) bond motifs is 1.